The Kier molecular flexibility index (Phi) is 8.19. The van der Waals surface area contributed by atoms with Crippen molar-refractivity contribution in [2.24, 2.45) is 4.99 Å². The van der Waals surface area contributed by atoms with E-state index >= 15 is 0 Å². The van der Waals surface area contributed by atoms with Crippen molar-refractivity contribution < 1.29 is 19.0 Å². The number of aromatic nitrogens is 1. The van der Waals surface area contributed by atoms with Gasteiger partial charge in [0.25, 0.3) is 5.56 Å². The van der Waals surface area contributed by atoms with Crippen LogP contribution in [-0.4, -0.2) is 30.9 Å². The normalized spacial score (nSPS) is 14.9. The number of fused-ring (bicyclic) bond motifs is 1. The van der Waals surface area contributed by atoms with Gasteiger partial charge in [0, 0.05) is 16.1 Å². The van der Waals surface area contributed by atoms with Gasteiger partial charge in [-0.3, -0.25) is 9.36 Å². The molecule has 0 unspecified atom stereocenters. The highest BCUT2D eigenvalue weighted by atomic mass is 35.5. The van der Waals surface area contributed by atoms with Gasteiger partial charge in [0.05, 0.1) is 42.2 Å². The molecule has 0 saturated carbocycles. The van der Waals surface area contributed by atoms with Crippen molar-refractivity contribution in [2.45, 2.75) is 19.9 Å². The lowest BCUT2D eigenvalue weighted by atomic mass is 9.93. The molecular weight excluding hydrogens is 548 g/mol. The number of esters is 1. The number of carbonyl (C=O) groups is 1. The van der Waals surface area contributed by atoms with Crippen molar-refractivity contribution in [2.75, 3.05) is 20.3 Å². The van der Waals surface area contributed by atoms with Crippen LogP contribution in [0.25, 0.3) is 11.8 Å². The van der Waals surface area contributed by atoms with Crippen LogP contribution in [0.1, 0.15) is 36.6 Å². The monoisotopic (exact) mass is 574 g/mol. The van der Waals surface area contributed by atoms with E-state index in [1.165, 1.54) is 11.3 Å². The summed E-state index contributed by atoms with van der Waals surface area (Å²) in [6, 6.07) is 21.3. The predicted molar refractivity (Wildman–Crippen MR) is 157 cm³/mol. The first-order chi connectivity index (χ1) is 19.4. The van der Waals surface area contributed by atoms with Crippen LogP contribution in [0, 0.1) is 0 Å². The second-order valence-corrected chi connectivity index (χ2v) is 10.3. The minimum absolute atomic E-state index is 0.180. The summed E-state index contributed by atoms with van der Waals surface area (Å²) in [5.41, 5.74) is 2.59. The van der Waals surface area contributed by atoms with Gasteiger partial charge >= 0.3 is 5.97 Å². The van der Waals surface area contributed by atoms with Crippen molar-refractivity contribution in [1.29, 1.82) is 0 Å². The van der Waals surface area contributed by atoms with Gasteiger partial charge < -0.3 is 14.2 Å². The van der Waals surface area contributed by atoms with E-state index in [-0.39, 0.29) is 17.7 Å². The molecule has 40 heavy (non-hydrogen) atoms. The van der Waals surface area contributed by atoms with Gasteiger partial charge in [-0.2, -0.15) is 0 Å². The zero-order chi connectivity index (χ0) is 28.2. The second-order valence-electron chi connectivity index (χ2n) is 8.82. The van der Waals surface area contributed by atoms with Gasteiger partial charge in [0.15, 0.2) is 4.80 Å². The molecule has 0 N–H and O–H groups in total. The second kappa shape index (κ2) is 11.9. The Morgan fingerprint density at radius 3 is 2.48 bits per heavy atom. The van der Waals surface area contributed by atoms with Crippen molar-refractivity contribution in [3.8, 4) is 11.5 Å². The van der Waals surface area contributed by atoms with Crippen molar-refractivity contribution in [3.63, 3.8) is 0 Å². The lowest BCUT2D eigenvalue weighted by Gasteiger charge is -2.26. The number of hydrogen-bond donors (Lipinski definition) is 0. The molecule has 1 aliphatic heterocycles. The Morgan fingerprint density at radius 1 is 1.05 bits per heavy atom. The molecule has 9 heteroatoms. The molecule has 204 valence electrons. The molecule has 0 saturated heterocycles. The summed E-state index contributed by atoms with van der Waals surface area (Å²) in [5.74, 6) is 0.738. The topological polar surface area (TPSA) is 79.1 Å². The molecule has 1 aromatic heterocycles. The minimum atomic E-state index is -0.774. The average molecular weight is 575 g/mol. The molecule has 1 aliphatic rings. The number of nitrogens with zero attached hydrogens (tertiary/aromatic N) is 2. The quantitative estimate of drug-likeness (QED) is 0.277. The van der Waals surface area contributed by atoms with Gasteiger partial charge in [-0.1, -0.05) is 65.4 Å². The molecule has 0 bridgehead atoms. The van der Waals surface area contributed by atoms with E-state index in [0.717, 1.165) is 11.1 Å². The highest BCUT2D eigenvalue weighted by Crippen LogP contribution is 2.35. The fraction of sp³-hybridized carbons (Fsp3) is 0.194. The van der Waals surface area contributed by atoms with Crippen LogP contribution in [0.4, 0.5) is 0 Å². The van der Waals surface area contributed by atoms with E-state index < -0.39 is 12.0 Å². The molecule has 0 fully saturated rings. The Hall–Kier alpha value is -4.14. The van der Waals surface area contributed by atoms with Crippen molar-refractivity contribution >= 4 is 40.7 Å². The molecule has 5 rings (SSSR count). The number of thiazole rings is 1. The van der Waals surface area contributed by atoms with Crippen LogP contribution >= 0.6 is 22.9 Å². The Labute approximate surface area is 240 Å². The molecule has 4 aromatic rings. The number of hydrogen-bond acceptors (Lipinski definition) is 7. The summed E-state index contributed by atoms with van der Waals surface area (Å²) in [7, 11) is 1.56. The zero-order valence-electron chi connectivity index (χ0n) is 22.2. The van der Waals surface area contributed by atoms with Crippen LogP contribution < -0.4 is 24.4 Å². The number of halogens is 1. The maximum absolute atomic E-state index is 14.0. The van der Waals surface area contributed by atoms with Crippen LogP contribution in [0.15, 0.2) is 88.2 Å². The first-order valence-electron chi connectivity index (χ1n) is 12.8. The van der Waals surface area contributed by atoms with Gasteiger partial charge in [-0.15, -0.1) is 0 Å². The molecule has 3 aromatic carbocycles. The highest BCUT2D eigenvalue weighted by molar-refractivity contribution is 7.07. The van der Waals surface area contributed by atoms with Gasteiger partial charge in [0.2, 0.25) is 0 Å². The van der Waals surface area contributed by atoms with Crippen molar-refractivity contribution in [3.05, 3.63) is 120 Å². The van der Waals surface area contributed by atoms with E-state index in [9.17, 15) is 9.59 Å². The number of ether oxygens (including phenoxy) is 3. The summed E-state index contributed by atoms with van der Waals surface area (Å²) in [6.07, 6.45) is 1.74. The van der Waals surface area contributed by atoms with E-state index in [4.69, 9.17) is 30.8 Å². The first-order valence-corrected chi connectivity index (χ1v) is 14.0. The molecular formula is C31H27ClN2O5S. The van der Waals surface area contributed by atoms with Crippen LogP contribution in [0.3, 0.4) is 0 Å². The minimum Gasteiger partial charge on any atom is -0.496 e. The Bertz CT molecular complexity index is 1760. The van der Waals surface area contributed by atoms with Gasteiger partial charge in [-0.05, 0) is 55.8 Å². The molecule has 0 aliphatic carbocycles. The molecule has 0 amide bonds. The lowest BCUT2D eigenvalue weighted by molar-refractivity contribution is -0.138. The smallest absolute Gasteiger partial charge is 0.338 e. The van der Waals surface area contributed by atoms with Gasteiger partial charge in [-0.25, -0.2) is 9.79 Å². The molecule has 7 nitrogen and oxygen atoms in total. The average Bonchev–Trinajstić information content (AvgIpc) is 3.28. The standard InChI is InChI=1S/C31H27ClN2O5S/c1-4-38-23-14-11-20(12-15-23)28-26(30(36)39-5-2)27(19-9-7-6-8-10-19)33-31-34(28)29(35)25(40-31)18-21-17-22(32)13-16-24(21)37-3/h6-18,28H,4-5H2,1-3H3/b25-18-/t28-/m0/s1. The summed E-state index contributed by atoms with van der Waals surface area (Å²) in [4.78, 5) is 32.9. The number of carbonyl (C=O) groups excluding carboxylic acids is 1. The number of methoxy groups -OCH3 is 1. The summed E-state index contributed by atoms with van der Waals surface area (Å²) < 4.78 is 18.6. The SMILES string of the molecule is CCOC(=O)C1=C(c2ccccc2)N=c2s/c(=C\c3cc(Cl)ccc3OC)c(=O)n2[C@H]1c1ccc(OCC)cc1. The van der Waals surface area contributed by atoms with Crippen LogP contribution in [0.5, 0.6) is 11.5 Å². The van der Waals surface area contributed by atoms with E-state index in [1.54, 1.807) is 42.9 Å². The number of benzene rings is 3. The summed E-state index contributed by atoms with van der Waals surface area (Å²) >= 11 is 7.48. The molecule has 2 heterocycles. The van der Waals surface area contributed by atoms with E-state index in [2.05, 4.69) is 0 Å². The third-order valence-corrected chi connectivity index (χ3v) is 7.58. The summed E-state index contributed by atoms with van der Waals surface area (Å²) in [5, 5.41) is 0.517. The lowest BCUT2D eigenvalue weighted by Crippen LogP contribution is -2.40. The third kappa shape index (κ3) is 5.33. The maximum atomic E-state index is 14.0. The van der Waals surface area contributed by atoms with Gasteiger partial charge in [0.1, 0.15) is 11.5 Å². The molecule has 0 spiro atoms. The van der Waals surface area contributed by atoms with Crippen molar-refractivity contribution in [1.82, 2.24) is 4.57 Å². The van der Waals surface area contributed by atoms with Crippen LogP contribution in [0.2, 0.25) is 5.02 Å². The number of rotatable bonds is 8. The zero-order valence-corrected chi connectivity index (χ0v) is 23.8. The molecule has 0 radical (unpaired) electrons. The van der Waals surface area contributed by atoms with E-state index in [0.29, 0.717) is 43.7 Å². The van der Waals surface area contributed by atoms with E-state index in [1.807, 2.05) is 61.5 Å². The first kappa shape index (κ1) is 27.4. The predicted octanol–water partition coefficient (Wildman–Crippen LogP) is 5.00. The molecule has 1 atom stereocenters. The third-order valence-electron chi connectivity index (χ3n) is 6.36. The summed E-state index contributed by atoms with van der Waals surface area (Å²) in [6.45, 7) is 4.36. The maximum Gasteiger partial charge on any atom is 0.338 e. The fourth-order valence-electron chi connectivity index (χ4n) is 4.63. The highest BCUT2D eigenvalue weighted by Gasteiger charge is 2.35. The fourth-order valence-corrected chi connectivity index (χ4v) is 5.80. The Morgan fingerprint density at radius 2 is 1.80 bits per heavy atom. The largest absolute Gasteiger partial charge is 0.496 e. The Balaban J connectivity index is 1.81. The van der Waals surface area contributed by atoms with Crippen LogP contribution in [-0.2, 0) is 9.53 Å².